The van der Waals surface area contributed by atoms with E-state index in [0.29, 0.717) is 19.6 Å². The van der Waals surface area contributed by atoms with Gasteiger partial charge in [-0.15, -0.1) is 0 Å². The van der Waals surface area contributed by atoms with E-state index in [4.69, 9.17) is 9.47 Å². The molecule has 1 amide bonds. The molecule has 0 radical (unpaired) electrons. The van der Waals surface area contributed by atoms with Crippen LogP contribution in [0.5, 0.6) is 0 Å². The van der Waals surface area contributed by atoms with E-state index in [1.807, 2.05) is 0 Å². The Labute approximate surface area is 132 Å². The Balaban J connectivity index is 2.78. The molecule has 0 heterocycles. The van der Waals surface area contributed by atoms with Crippen LogP contribution in [0.3, 0.4) is 0 Å². The molecule has 0 fully saturated rings. The second-order valence-corrected chi connectivity index (χ2v) is 4.50. The van der Waals surface area contributed by atoms with Crippen molar-refractivity contribution in [2.24, 2.45) is 4.99 Å². The highest BCUT2D eigenvalue weighted by molar-refractivity contribution is 6.04. The Kier molecular flexibility index (Phi) is 7.53. The highest BCUT2D eigenvalue weighted by atomic mass is 19.4. The number of aliphatic imine (C=N–C) groups is 1. The zero-order chi connectivity index (χ0) is 17.3. The smallest absolute Gasteiger partial charge is 0.416 e. The Hall–Kier alpha value is -2.09. The Morgan fingerprint density at radius 1 is 1.35 bits per heavy atom. The lowest BCUT2D eigenvalue weighted by Crippen LogP contribution is -2.33. The molecule has 0 saturated carbocycles. The molecule has 8 heteroatoms. The molecular formula is C15H19F3N2O3. The highest BCUT2D eigenvalue weighted by Gasteiger charge is 2.30. The summed E-state index contributed by atoms with van der Waals surface area (Å²) in [6.07, 6.45) is -3.88. The molecular weight excluding hydrogens is 313 g/mol. The molecule has 0 aromatic heterocycles. The average molecular weight is 332 g/mol. The molecule has 5 nitrogen and oxygen atoms in total. The molecule has 0 aliphatic rings. The topological polar surface area (TPSA) is 59.9 Å². The van der Waals surface area contributed by atoms with Crippen LogP contribution in [-0.2, 0) is 15.7 Å². The summed E-state index contributed by atoms with van der Waals surface area (Å²) in [6.45, 7) is 2.85. The third-order valence-electron chi connectivity index (χ3n) is 2.72. The number of benzene rings is 1. The van der Waals surface area contributed by atoms with Crippen LogP contribution in [0.4, 0.5) is 13.2 Å². The summed E-state index contributed by atoms with van der Waals surface area (Å²) < 4.78 is 48.0. The summed E-state index contributed by atoms with van der Waals surface area (Å²) in [4.78, 5) is 16.1. The normalized spacial score (nSPS) is 12.1. The lowest BCUT2D eigenvalue weighted by molar-refractivity contribution is -0.137. The number of nitrogens with one attached hydrogen (secondary N) is 1. The van der Waals surface area contributed by atoms with Crippen molar-refractivity contribution in [3.63, 3.8) is 0 Å². The number of amides is 1. The third kappa shape index (κ3) is 6.68. The van der Waals surface area contributed by atoms with Gasteiger partial charge in [0.2, 0.25) is 0 Å². The first-order chi connectivity index (χ1) is 10.9. The van der Waals surface area contributed by atoms with E-state index >= 15 is 0 Å². The lowest BCUT2D eigenvalue weighted by Gasteiger charge is -2.11. The van der Waals surface area contributed by atoms with Gasteiger partial charge in [0.15, 0.2) is 0 Å². The predicted octanol–water partition coefficient (Wildman–Crippen LogP) is 2.86. The minimum Gasteiger partial charge on any atom is -0.465 e. The number of halogens is 3. The second-order valence-electron chi connectivity index (χ2n) is 4.50. The van der Waals surface area contributed by atoms with Crippen LogP contribution in [0.15, 0.2) is 29.3 Å². The molecule has 0 saturated heterocycles. The van der Waals surface area contributed by atoms with Crippen molar-refractivity contribution < 1.29 is 27.4 Å². The zero-order valence-electron chi connectivity index (χ0n) is 12.9. The monoisotopic (exact) mass is 332 g/mol. The van der Waals surface area contributed by atoms with Gasteiger partial charge in [0.25, 0.3) is 11.9 Å². The number of hydrogen-bond acceptors (Lipinski definition) is 4. The maximum Gasteiger partial charge on any atom is 0.416 e. The quantitative estimate of drug-likeness (QED) is 0.495. The number of hydrogen-bond donors (Lipinski definition) is 1. The van der Waals surface area contributed by atoms with Gasteiger partial charge in [-0.1, -0.05) is 6.07 Å². The molecule has 1 rings (SSSR count). The number of carbonyl (C=O) groups excluding carboxylic acids is 1. The van der Waals surface area contributed by atoms with Gasteiger partial charge in [-0.25, -0.2) is 4.99 Å². The van der Waals surface area contributed by atoms with Crippen LogP contribution in [0.1, 0.15) is 29.3 Å². The molecule has 0 aliphatic carbocycles. The largest absolute Gasteiger partial charge is 0.465 e. The predicted molar refractivity (Wildman–Crippen MR) is 79.3 cm³/mol. The van der Waals surface area contributed by atoms with Crippen LogP contribution in [0.25, 0.3) is 0 Å². The summed E-state index contributed by atoms with van der Waals surface area (Å²) >= 11 is 0. The molecule has 0 unspecified atom stereocenters. The first kappa shape index (κ1) is 19.0. The number of methoxy groups -OCH3 is 1. The Bertz CT molecular complexity index is 545. The third-order valence-corrected chi connectivity index (χ3v) is 2.72. The van der Waals surface area contributed by atoms with E-state index in [1.165, 1.54) is 12.1 Å². The number of alkyl halides is 3. The Morgan fingerprint density at radius 3 is 2.70 bits per heavy atom. The van der Waals surface area contributed by atoms with Crippen molar-refractivity contribution in [2.45, 2.75) is 19.5 Å². The van der Waals surface area contributed by atoms with Crippen molar-refractivity contribution in [2.75, 3.05) is 26.9 Å². The van der Waals surface area contributed by atoms with Gasteiger partial charge < -0.3 is 9.47 Å². The number of rotatable bonds is 6. The minimum absolute atomic E-state index is 0.0222. The summed E-state index contributed by atoms with van der Waals surface area (Å²) in [6, 6.07) is 4.13. The molecule has 1 N–H and O–H groups in total. The van der Waals surface area contributed by atoms with E-state index in [0.717, 1.165) is 12.1 Å². The van der Waals surface area contributed by atoms with Gasteiger partial charge in [-0.05, 0) is 31.5 Å². The van der Waals surface area contributed by atoms with Gasteiger partial charge >= 0.3 is 6.18 Å². The van der Waals surface area contributed by atoms with Crippen molar-refractivity contribution in [1.82, 2.24) is 5.32 Å². The number of carbonyl (C=O) groups is 1. The second kappa shape index (κ2) is 9.14. The molecule has 0 aliphatic heterocycles. The van der Waals surface area contributed by atoms with Gasteiger partial charge in [-0.3, -0.25) is 10.1 Å². The van der Waals surface area contributed by atoms with E-state index < -0.39 is 17.6 Å². The molecule has 1 aromatic carbocycles. The van der Waals surface area contributed by atoms with Gasteiger partial charge in [0, 0.05) is 25.8 Å². The van der Waals surface area contributed by atoms with E-state index in [1.54, 1.807) is 14.0 Å². The van der Waals surface area contributed by atoms with Crippen LogP contribution in [0.2, 0.25) is 0 Å². The first-order valence-electron chi connectivity index (χ1n) is 7.03. The van der Waals surface area contributed by atoms with Crippen LogP contribution < -0.4 is 5.32 Å². The number of ether oxygens (including phenoxy) is 2. The van der Waals surface area contributed by atoms with Crippen LogP contribution >= 0.6 is 0 Å². The van der Waals surface area contributed by atoms with Gasteiger partial charge in [0.05, 0.1) is 12.2 Å². The summed E-state index contributed by atoms with van der Waals surface area (Å²) in [5, 5.41) is 2.37. The SMILES string of the molecule is CCOC(=NCCCOC)NC(=O)c1cccc(C(F)(F)F)c1. The molecule has 23 heavy (non-hydrogen) atoms. The Morgan fingerprint density at radius 2 is 2.09 bits per heavy atom. The van der Waals surface area contributed by atoms with E-state index in [2.05, 4.69) is 10.3 Å². The van der Waals surface area contributed by atoms with Crippen molar-refractivity contribution in [1.29, 1.82) is 0 Å². The van der Waals surface area contributed by atoms with Crippen molar-refractivity contribution in [3.8, 4) is 0 Å². The van der Waals surface area contributed by atoms with Gasteiger partial charge in [-0.2, -0.15) is 13.2 Å². The molecule has 0 spiro atoms. The molecule has 0 bridgehead atoms. The maximum atomic E-state index is 12.7. The fraction of sp³-hybridized carbons (Fsp3) is 0.467. The van der Waals surface area contributed by atoms with Gasteiger partial charge in [0.1, 0.15) is 0 Å². The van der Waals surface area contributed by atoms with Crippen molar-refractivity contribution in [3.05, 3.63) is 35.4 Å². The molecule has 1 aromatic rings. The molecule has 0 atom stereocenters. The standard InChI is InChI=1S/C15H19F3N2O3/c1-3-23-14(19-8-5-9-22-2)20-13(21)11-6-4-7-12(10-11)15(16,17)18/h4,6-7,10H,3,5,8-9H2,1-2H3,(H,19,20,21). The number of nitrogens with zero attached hydrogens (tertiary/aromatic N) is 1. The fourth-order valence-electron chi connectivity index (χ4n) is 1.65. The maximum absolute atomic E-state index is 12.7. The van der Waals surface area contributed by atoms with Crippen LogP contribution in [-0.4, -0.2) is 38.8 Å². The summed E-state index contributed by atoms with van der Waals surface area (Å²) in [7, 11) is 1.56. The minimum atomic E-state index is -4.51. The average Bonchev–Trinajstić information content (AvgIpc) is 2.51. The van der Waals surface area contributed by atoms with E-state index in [-0.39, 0.29) is 18.2 Å². The summed E-state index contributed by atoms with van der Waals surface area (Å²) in [5.41, 5.74) is -1.01. The zero-order valence-corrected chi connectivity index (χ0v) is 12.9. The molecule has 128 valence electrons. The first-order valence-corrected chi connectivity index (χ1v) is 7.03. The highest BCUT2D eigenvalue weighted by Crippen LogP contribution is 2.29. The number of amidine groups is 1. The van der Waals surface area contributed by atoms with E-state index in [9.17, 15) is 18.0 Å². The summed E-state index contributed by atoms with van der Waals surface area (Å²) in [5.74, 6) is -0.713. The van der Waals surface area contributed by atoms with Crippen molar-refractivity contribution >= 4 is 11.9 Å². The lowest BCUT2D eigenvalue weighted by atomic mass is 10.1. The van der Waals surface area contributed by atoms with Crippen LogP contribution in [0, 0.1) is 0 Å². The fourth-order valence-corrected chi connectivity index (χ4v) is 1.65.